The molecule has 3 N–H and O–H groups in total. The fraction of sp³-hybridized carbons (Fsp3) is 0.312. The van der Waals surface area contributed by atoms with Crippen molar-refractivity contribution in [2.24, 2.45) is 5.10 Å². The largest absolute Gasteiger partial charge is 0.504 e. The van der Waals surface area contributed by atoms with Gasteiger partial charge in [-0.2, -0.15) is 5.10 Å². The standard InChI is InChI=1S/C12H13N3O4S.C4H6/c1-2-14-15-6-7-3-4-20-11(7)10(18)9(15)12(19)13-5-8(16)17;1-3-4-2/h2-4,18H,5-6H2,1H3,(H,13,19)(H,16,17);1H,4H2,2H3/b14-2-;. The van der Waals surface area contributed by atoms with Gasteiger partial charge in [-0.25, -0.2) is 0 Å². The van der Waals surface area contributed by atoms with Crippen LogP contribution in [0.3, 0.4) is 0 Å². The minimum absolute atomic E-state index is 0.0423. The van der Waals surface area contributed by atoms with Gasteiger partial charge in [-0.3, -0.25) is 14.6 Å². The van der Waals surface area contributed by atoms with Gasteiger partial charge in [0.1, 0.15) is 6.54 Å². The second-order valence-corrected chi connectivity index (χ2v) is 5.45. The zero-order chi connectivity index (χ0) is 18.1. The first kappa shape index (κ1) is 19.3. The molecular weight excluding hydrogens is 330 g/mol. The van der Waals surface area contributed by atoms with E-state index in [0.717, 1.165) is 12.0 Å². The molecule has 0 fully saturated rings. The van der Waals surface area contributed by atoms with Crippen LogP contribution in [-0.4, -0.2) is 39.9 Å². The summed E-state index contributed by atoms with van der Waals surface area (Å²) in [6, 6.07) is 1.85. The van der Waals surface area contributed by atoms with E-state index in [2.05, 4.69) is 16.3 Å². The number of carbonyl (C=O) groups is 2. The maximum Gasteiger partial charge on any atom is 0.322 e. The summed E-state index contributed by atoms with van der Waals surface area (Å²) in [5.74, 6) is 0.417. The number of hydrogen-bond acceptors (Lipinski definition) is 6. The Balaban J connectivity index is 0.000000648. The summed E-state index contributed by atoms with van der Waals surface area (Å²) in [7, 11) is 0. The third-order valence-corrected chi connectivity index (χ3v) is 3.80. The van der Waals surface area contributed by atoms with E-state index >= 15 is 0 Å². The second-order valence-electron chi connectivity index (χ2n) is 4.54. The molecule has 0 saturated heterocycles. The Hall–Kier alpha value is -2.79. The molecular formula is C16H19N3O4S. The molecule has 1 aliphatic rings. The van der Waals surface area contributed by atoms with Crippen LogP contribution in [0, 0.1) is 12.3 Å². The van der Waals surface area contributed by atoms with Gasteiger partial charge in [-0.1, -0.05) is 6.92 Å². The van der Waals surface area contributed by atoms with E-state index in [1.54, 1.807) is 6.92 Å². The van der Waals surface area contributed by atoms with Crippen molar-refractivity contribution in [3.05, 3.63) is 27.6 Å². The number of carboxylic acids is 1. The number of aliphatic carboxylic acids is 1. The van der Waals surface area contributed by atoms with Crippen molar-refractivity contribution in [2.75, 3.05) is 6.54 Å². The van der Waals surface area contributed by atoms with Gasteiger partial charge in [-0.05, 0) is 23.9 Å². The van der Waals surface area contributed by atoms with Crippen LogP contribution in [0.5, 0.6) is 0 Å². The lowest BCUT2D eigenvalue weighted by atomic mass is 10.1. The monoisotopic (exact) mass is 349 g/mol. The molecule has 7 nitrogen and oxygen atoms in total. The second kappa shape index (κ2) is 9.37. The van der Waals surface area contributed by atoms with Crippen LogP contribution in [0.15, 0.2) is 22.2 Å². The summed E-state index contributed by atoms with van der Waals surface area (Å²) in [5, 5.41) is 28.2. The average Bonchev–Trinajstić information content (AvgIpc) is 3.02. The first-order valence-corrected chi connectivity index (χ1v) is 8.03. The third-order valence-electron chi connectivity index (χ3n) is 2.84. The Morgan fingerprint density at radius 3 is 2.79 bits per heavy atom. The number of thiophene rings is 1. The lowest BCUT2D eigenvalue weighted by molar-refractivity contribution is -0.137. The van der Waals surface area contributed by atoms with Crippen LogP contribution >= 0.6 is 11.3 Å². The average molecular weight is 349 g/mol. The molecule has 1 aromatic heterocycles. The highest BCUT2D eigenvalue weighted by molar-refractivity contribution is 7.11. The minimum atomic E-state index is -1.16. The number of nitrogens with one attached hydrogen (secondary N) is 1. The summed E-state index contributed by atoms with van der Waals surface area (Å²) >= 11 is 1.32. The molecule has 2 heterocycles. The van der Waals surface area contributed by atoms with Crippen LogP contribution in [0.25, 0.3) is 5.76 Å². The van der Waals surface area contributed by atoms with Gasteiger partial charge >= 0.3 is 5.97 Å². The number of rotatable bonds is 4. The molecule has 2 rings (SSSR count). The SMILES string of the molecule is C#CCC.C/C=N\N1Cc2ccsc2C(O)=C1C(=O)NCC(=O)O. The van der Waals surface area contributed by atoms with E-state index in [4.69, 9.17) is 11.5 Å². The van der Waals surface area contributed by atoms with E-state index in [-0.39, 0.29) is 11.5 Å². The van der Waals surface area contributed by atoms with Crippen molar-refractivity contribution < 1.29 is 19.8 Å². The number of aliphatic hydroxyl groups is 1. The molecule has 1 aromatic rings. The van der Waals surface area contributed by atoms with Crippen molar-refractivity contribution in [1.82, 2.24) is 10.3 Å². The number of hydrogen-bond donors (Lipinski definition) is 3. The molecule has 0 bridgehead atoms. The Kier molecular flexibility index (Phi) is 7.52. The number of fused-ring (bicyclic) bond motifs is 1. The van der Waals surface area contributed by atoms with Crippen LogP contribution < -0.4 is 5.32 Å². The zero-order valence-electron chi connectivity index (χ0n) is 13.4. The Morgan fingerprint density at radius 2 is 2.25 bits per heavy atom. The molecule has 0 aliphatic carbocycles. The first-order chi connectivity index (χ1) is 11.5. The van der Waals surface area contributed by atoms with Gasteiger partial charge in [0.15, 0.2) is 11.5 Å². The Labute approximate surface area is 144 Å². The van der Waals surface area contributed by atoms with E-state index in [1.807, 2.05) is 18.4 Å². The predicted molar refractivity (Wildman–Crippen MR) is 93.3 cm³/mol. The molecule has 8 heteroatoms. The van der Waals surface area contributed by atoms with Crippen molar-refractivity contribution in [1.29, 1.82) is 0 Å². The highest BCUT2D eigenvalue weighted by Crippen LogP contribution is 2.34. The van der Waals surface area contributed by atoms with Gasteiger partial charge in [0.2, 0.25) is 0 Å². The van der Waals surface area contributed by atoms with Crippen molar-refractivity contribution in [3.8, 4) is 12.3 Å². The van der Waals surface area contributed by atoms with Gasteiger partial charge in [-0.15, -0.1) is 23.7 Å². The minimum Gasteiger partial charge on any atom is -0.504 e. The molecule has 24 heavy (non-hydrogen) atoms. The van der Waals surface area contributed by atoms with Crippen LogP contribution in [0.4, 0.5) is 0 Å². The molecule has 0 radical (unpaired) electrons. The zero-order valence-corrected chi connectivity index (χ0v) is 14.3. The van der Waals surface area contributed by atoms with E-state index < -0.39 is 18.4 Å². The number of carbonyl (C=O) groups excluding carboxylic acids is 1. The summed E-state index contributed by atoms with van der Waals surface area (Å²) in [5.41, 5.74) is 0.826. The van der Waals surface area contributed by atoms with E-state index in [0.29, 0.717) is 11.4 Å². The van der Waals surface area contributed by atoms with Gasteiger partial charge < -0.3 is 15.5 Å². The summed E-state index contributed by atoms with van der Waals surface area (Å²) < 4.78 is 0. The summed E-state index contributed by atoms with van der Waals surface area (Å²) in [4.78, 5) is 23.1. The lowest BCUT2D eigenvalue weighted by Crippen LogP contribution is -2.37. The summed E-state index contributed by atoms with van der Waals surface area (Å²) in [6.45, 7) is 3.46. The number of aliphatic hydroxyl groups excluding tert-OH is 1. The fourth-order valence-corrected chi connectivity index (χ4v) is 2.70. The normalized spacial score (nSPS) is 13.0. The molecule has 0 saturated carbocycles. The van der Waals surface area contributed by atoms with Crippen LogP contribution in [0.2, 0.25) is 0 Å². The lowest BCUT2D eigenvalue weighted by Gasteiger charge is -2.26. The molecule has 128 valence electrons. The maximum absolute atomic E-state index is 12.0. The predicted octanol–water partition coefficient (Wildman–Crippen LogP) is 2.03. The van der Waals surface area contributed by atoms with E-state index in [9.17, 15) is 14.7 Å². The first-order valence-electron chi connectivity index (χ1n) is 7.15. The van der Waals surface area contributed by atoms with Gasteiger partial charge in [0.05, 0.1) is 11.4 Å². The molecule has 0 spiro atoms. The number of hydrazone groups is 1. The highest BCUT2D eigenvalue weighted by atomic mass is 32.1. The molecule has 0 aromatic carbocycles. The molecule has 1 amide bonds. The maximum atomic E-state index is 12.0. The topological polar surface area (TPSA) is 102 Å². The smallest absolute Gasteiger partial charge is 0.322 e. The Bertz CT molecular complexity index is 700. The van der Waals surface area contributed by atoms with Crippen molar-refractivity contribution in [3.63, 3.8) is 0 Å². The van der Waals surface area contributed by atoms with Crippen molar-refractivity contribution in [2.45, 2.75) is 26.8 Å². The highest BCUT2D eigenvalue weighted by Gasteiger charge is 2.30. The fourth-order valence-electron chi connectivity index (χ4n) is 1.84. The molecule has 0 unspecified atom stereocenters. The van der Waals surface area contributed by atoms with Gasteiger partial charge in [0, 0.05) is 12.6 Å². The van der Waals surface area contributed by atoms with Crippen LogP contribution in [0.1, 0.15) is 30.7 Å². The number of amides is 1. The van der Waals surface area contributed by atoms with E-state index in [1.165, 1.54) is 22.6 Å². The summed E-state index contributed by atoms with van der Waals surface area (Å²) in [6.07, 6.45) is 7.12. The third kappa shape index (κ3) is 4.86. The Morgan fingerprint density at radius 1 is 1.58 bits per heavy atom. The van der Waals surface area contributed by atoms with Crippen molar-refractivity contribution >= 4 is 35.2 Å². The van der Waals surface area contributed by atoms with Gasteiger partial charge in [0.25, 0.3) is 5.91 Å². The number of terminal acetylenes is 1. The number of carboxylic acid groups (broad SMARTS) is 1. The molecule has 0 atom stereocenters. The number of nitrogens with zero attached hydrogens (tertiary/aromatic N) is 2. The molecule has 1 aliphatic heterocycles. The quantitative estimate of drug-likeness (QED) is 0.570. The van der Waals surface area contributed by atoms with Crippen LogP contribution in [-0.2, 0) is 16.1 Å².